The smallest absolute Gasteiger partial charge is 0.243 e. The van der Waals surface area contributed by atoms with Crippen molar-refractivity contribution in [2.24, 2.45) is 5.92 Å². The molecule has 0 fully saturated rings. The molecule has 0 saturated heterocycles. The number of hydrogen-bond donors (Lipinski definition) is 2. The number of carbonyl (C=O) groups is 2. The number of amides is 2. The highest BCUT2D eigenvalue weighted by molar-refractivity contribution is 7.89. The molecule has 174 valence electrons. The van der Waals surface area contributed by atoms with Gasteiger partial charge in [-0.2, -0.15) is 4.31 Å². The standard InChI is InChI=1S/C24H33N3O4S/c1-6-7-19-8-10-20(11-9-19)24(17(2)3)26-23(29)16-27(5)32(30,31)22-14-12-21(13-15-22)25-18(4)28/h8-15,17,24H,6-7,16H2,1-5H3,(H,25,28)(H,26,29). The maximum atomic E-state index is 12.8. The highest BCUT2D eigenvalue weighted by Gasteiger charge is 2.25. The minimum atomic E-state index is -3.85. The van der Waals surface area contributed by atoms with Crippen LogP contribution in [0.25, 0.3) is 0 Å². The van der Waals surface area contributed by atoms with E-state index in [1.165, 1.54) is 43.8 Å². The SMILES string of the molecule is CCCc1ccc(C(NC(=O)CN(C)S(=O)(=O)c2ccc(NC(C)=O)cc2)C(C)C)cc1. The summed E-state index contributed by atoms with van der Waals surface area (Å²) in [5.74, 6) is -0.476. The summed E-state index contributed by atoms with van der Waals surface area (Å²) in [4.78, 5) is 23.9. The minimum Gasteiger partial charge on any atom is -0.348 e. The van der Waals surface area contributed by atoms with Gasteiger partial charge in [0.1, 0.15) is 0 Å². The molecule has 0 aromatic heterocycles. The minimum absolute atomic E-state index is 0.0498. The van der Waals surface area contributed by atoms with E-state index in [4.69, 9.17) is 0 Å². The van der Waals surface area contributed by atoms with Gasteiger partial charge in [0, 0.05) is 19.7 Å². The second kappa shape index (κ2) is 11.2. The lowest BCUT2D eigenvalue weighted by Crippen LogP contribution is -2.41. The lowest BCUT2D eigenvalue weighted by Gasteiger charge is -2.25. The average Bonchev–Trinajstić information content (AvgIpc) is 2.72. The summed E-state index contributed by atoms with van der Waals surface area (Å²) >= 11 is 0. The molecular formula is C24H33N3O4S. The van der Waals surface area contributed by atoms with Crippen molar-refractivity contribution in [1.82, 2.24) is 9.62 Å². The van der Waals surface area contributed by atoms with E-state index in [2.05, 4.69) is 29.7 Å². The molecule has 2 rings (SSSR count). The Morgan fingerprint density at radius 2 is 1.59 bits per heavy atom. The molecule has 2 aromatic carbocycles. The van der Waals surface area contributed by atoms with Gasteiger partial charge in [-0.3, -0.25) is 9.59 Å². The number of carbonyl (C=O) groups excluding carboxylic acids is 2. The lowest BCUT2D eigenvalue weighted by atomic mass is 9.94. The summed E-state index contributed by atoms with van der Waals surface area (Å²) < 4.78 is 26.7. The Bertz CT molecular complexity index is 1020. The van der Waals surface area contributed by atoms with Gasteiger partial charge >= 0.3 is 0 Å². The molecule has 0 spiro atoms. The largest absolute Gasteiger partial charge is 0.348 e. The molecule has 0 bridgehead atoms. The number of nitrogens with zero attached hydrogens (tertiary/aromatic N) is 1. The number of hydrogen-bond acceptors (Lipinski definition) is 4. The highest BCUT2D eigenvalue weighted by Crippen LogP contribution is 2.23. The van der Waals surface area contributed by atoms with Crippen molar-refractivity contribution < 1.29 is 18.0 Å². The van der Waals surface area contributed by atoms with Crippen LogP contribution < -0.4 is 10.6 Å². The maximum absolute atomic E-state index is 12.8. The van der Waals surface area contributed by atoms with Crippen molar-refractivity contribution in [3.8, 4) is 0 Å². The molecule has 2 aromatic rings. The van der Waals surface area contributed by atoms with Crippen LogP contribution in [0.2, 0.25) is 0 Å². The summed E-state index contributed by atoms with van der Waals surface area (Å²) in [7, 11) is -2.48. The second-order valence-electron chi connectivity index (χ2n) is 8.25. The van der Waals surface area contributed by atoms with Gasteiger partial charge in [0.25, 0.3) is 0 Å². The fourth-order valence-corrected chi connectivity index (χ4v) is 4.54. The predicted octanol–water partition coefficient (Wildman–Crippen LogP) is 3.73. The van der Waals surface area contributed by atoms with E-state index in [1.807, 2.05) is 26.0 Å². The summed E-state index contributed by atoms with van der Waals surface area (Å²) in [5, 5.41) is 5.57. The van der Waals surface area contributed by atoms with Crippen LogP contribution in [0.1, 0.15) is 51.3 Å². The van der Waals surface area contributed by atoms with E-state index in [-0.39, 0.29) is 35.2 Å². The van der Waals surface area contributed by atoms with Gasteiger partial charge in [0.05, 0.1) is 17.5 Å². The van der Waals surface area contributed by atoms with Crippen LogP contribution in [0.5, 0.6) is 0 Å². The quantitative estimate of drug-likeness (QED) is 0.566. The van der Waals surface area contributed by atoms with Gasteiger partial charge in [-0.15, -0.1) is 0 Å². The van der Waals surface area contributed by atoms with Crippen LogP contribution in [-0.2, 0) is 26.0 Å². The summed E-state index contributed by atoms with van der Waals surface area (Å²) in [6.07, 6.45) is 2.08. The number of rotatable bonds is 10. The number of nitrogens with one attached hydrogen (secondary N) is 2. The first kappa shape index (κ1) is 25.5. The number of benzene rings is 2. The third-order valence-corrected chi connectivity index (χ3v) is 6.93. The predicted molar refractivity (Wildman–Crippen MR) is 127 cm³/mol. The summed E-state index contributed by atoms with van der Waals surface area (Å²) in [6, 6.07) is 13.8. The van der Waals surface area contributed by atoms with Crippen molar-refractivity contribution in [3.05, 3.63) is 59.7 Å². The first-order chi connectivity index (χ1) is 15.0. The van der Waals surface area contributed by atoms with Gasteiger partial charge < -0.3 is 10.6 Å². The van der Waals surface area contributed by atoms with E-state index in [9.17, 15) is 18.0 Å². The zero-order chi connectivity index (χ0) is 23.9. The Morgan fingerprint density at radius 1 is 1.00 bits per heavy atom. The molecule has 8 heteroatoms. The Hall–Kier alpha value is -2.71. The Balaban J connectivity index is 2.08. The fourth-order valence-electron chi connectivity index (χ4n) is 3.41. The molecule has 2 N–H and O–H groups in total. The van der Waals surface area contributed by atoms with Crippen LogP contribution in [0.4, 0.5) is 5.69 Å². The monoisotopic (exact) mass is 459 g/mol. The molecule has 0 aliphatic rings. The highest BCUT2D eigenvalue weighted by atomic mass is 32.2. The maximum Gasteiger partial charge on any atom is 0.243 e. The van der Waals surface area contributed by atoms with Gasteiger partial charge in [0.2, 0.25) is 21.8 Å². The van der Waals surface area contributed by atoms with Gasteiger partial charge in [0.15, 0.2) is 0 Å². The first-order valence-corrected chi connectivity index (χ1v) is 12.2. The normalized spacial score (nSPS) is 12.6. The molecular weight excluding hydrogens is 426 g/mol. The van der Waals surface area contributed by atoms with E-state index >= 15 is 0 Å². The van der Waals surface area contributed by atoms with Crippen LogP contribution in [0.15, 0.2) is 53.4 Å². The van der Waals surface area contributed by atoms with Crippen molar-refractivity contribution in [1.29, 1.82) is 0 Å². The Morgan fingerprint density at radius 3 is 2.09 bits per heavy atom. The van der Waals surface area contributed by atoms with E-state index in [0.29, 0.717) is 5.69 Å². The van der Waals surface area contributed by atoms with Crippen LogP contribution in [-0.4, -0.2) is 38.1 Å². The van der Waals surface area contributed by atoms with E-state index in [0.717, 1.165) is 22.7 Å². The summed E-state index contributed by atoms with van der Waals surface area (Å²) in [5.41, 5.74) is 2.74. The molecule has 0 aliphatic heterocycles. The van der Waals surface area contributed by atoms with Crippen LogP contribution in [0.3, 0.4) is 0 Å². The molecule has 0 heterocycles. The van der Waals surface area contributed by atoms with E-state index < -0.39 is 10.0 Å². The molecule has 1 atom stereocenters. The molecule has 1 unspecified atom stereocenters. The van der Waals surface area contributed by atoms with E-state index in [1.54, 1.807) is 0 Å². The van der Waals surface area contributed by atoms with Crippen molar-refractivity contribution >= 4 is 27.5 Å². The first-order valence-electron chi connectivity index (χ1n) is 10.8. The average molecular weight is 460 g/mol. The molecule has 7 nitrogen and oxygen atoms in total. The van der Waals surface area contributed by atoms with Crippen LogP contribution >= 0.6 is 0 Å². The third kappa shape index (κ3) is 6.90. The van der Waals surface area contributed by atoms with Crippen molar-refractivity contribution in [2.75, 3.05) is 18.9 Å². The number of aryl methyl sites for hydroxylation is 1. The Labute approximate surface area is 191 Å². The Kier molecular flexibility index (Phi) is 8.98. The van der Waals surface area contributed by atoms with Gasteiger partial charge in [-0.25, -0.2) is 8.42 Å². The zero-order valence-electron chi connectivity index (χ0n) is 19.4. The van der Waals surface area contributed by atoms with Crippen LogP contribution in [0, 0.1) is 5.92 Å². The molecule has 0 aliphatic carbocycles. The van der Waals surface area contributed by atoms with Crippen molar-refractivity contribution in [3.63, 3.8) is 0 Å². The summed E-state index contributed by atoms with van der Waals surface area (Å²) in [6.45, 7) is 7.24. The van der Waals surface area contributed by atoms with Crippen molar-refractivity contribution in [2.45, 2.75) is 51.5 Å². The second-order valence-corrected chi connectivity index (χ2v) is 10.3. The van der Waals surface area contributed by atoms with Gasteiger partial charge in [-0.05, 0) is 47.7 Å². The fraction of sp³-hybridized carbons (Fsp3) is 0.417. The number of likely N-dealkylation sites (N-methyl/N-ethyl adjacent to an activating group) is 1. The molecule has 0 saturated carbocycles. The third-order valence-electron chi connectivity index (χ3n) is 5.11. The molecule has 2 amide bonds. The molecule has 0 radical (unpaired) electrons. The zero-order valence-corrected chi connectivity index (χ0v) is 20.2. The van der Waals surface area contributed by atoms with Gasteiger partial charge in [-0.1, -0.05) is 51.5 Å². The molecule has 32 heavy (non-hydrogen) atoms. The number of sulfonamides is 1. The number of anilines is 1. The topological polar surface area (TPSA) is 95.6 Å². The lowest BCUT2D eigenvalue weighted by molar-refractivity contribution is -0.122.